The Labute approximate surface area is 149 Å². The monoisotopic (exact) mass is 354 g/mol. The first kappa shape index (κ1) is 17.3. The molecule has 2 heterocycles. The molecule has 0 bridgehead atoms. The lowest BCUT2D eigenvalue weighted by Crippen LogP contribution is -2.09. The Hall–Kier alpha value is -3.49. The van der Waals surface area contributed by atoms with E-state index in [0.717, 1.165) is 17.1 Å². The van der Waals surface area contributed by atoms with E-state index in [1.54, 1.807) is 24.3 Å². The fourth-order valence-electron chi connectivity index (χ4n) is 2.57. The lowest BCUT2D eigenvalue weighted by atomic mass is 10.3. The Morgan fingerprint density at radius 3 is 2.54 bits per heavy atom. The zero-order chi connectivity index (χ0) is 18.7. The quantitative estimate of drug-likeness (QED) is 0.534. The number of aryl methyl sites for hydroxylation is 2. The standard InChI is InChI=1S/C17H18N6O3/c1-4-26-14-7-5-13(6-8-14)20-16-15(23(24)25)17(19-10-18-16)22-12(3)9-11(2)21-22/h5-10H,4H2,1-3H3,(H,18,19,20). The third kappa shape index (κ3) is 3.46. The molecule has 1 N–H and O–H groups in total. The van der Waals surface area contributed by atoms with Crippen LogP contribution in [0.2, 0.25) is 0 Å². The molecule has 0 fully saturated rings. The highest BCUT2D eigenvalue weighted by molar-refractivity contribution is 5.70. The van der Waals surface area contributed by atoms with Crippen molar-refractivity contribution in [2.45, 2.75) is 20.8 Å². The Bertz CT molecular complexity index is 936. The van der Waals surface area contributed by atoms with Gasteiger partial charge >= 0.3 is 5.69 Å². The number of anilines is 2. The Morgan fingerprint density at radius 1 is 1.23 bits per heavy atom. The SMILES string of the molecule is CCOc1ccc(Nc2ncnc(-n3nc(C)cc3C)c2[N+](=O)[O-])cc1. The minimum atomic E-state index is -0.511. The van der Waals surface area contributed by atoms with Gasteiger partial charge in [-0.25, -0.2) is 14.6 Å². The number of nitrogens with zero attached hydrogens (tertiary/aromatic N) is 5. The summed E-state index contributed by atoms with van der Waals surface area (Å²) >= 11 is 0. The molecule has 1 aromatic carbocycles. The summed E-state index contributed by atoms with van der Waals surface area (Å²) in [5.41, 5.74) is 1.90. The molecule has 0 saturated carbocycles. The highest BCUT2D eigenvalue weighted by Gasteiger charge is 2.26. The third-order valence-electron chi connectivity index (χ3n) is 3.62. The molecule has 9 nitrogen and oxygen atoms in total. The number of hydrogen-bond donors (Lipinski definition) is 1. The molecule has 0 spiro atoms. The first-order valence-corrected chi connectivity index (χ1v) is 8.02. The summed E-state index contributed by atoms with van der Waals surface area (Å²) in [5, 5.41) is 18.9. The van der Waals surface area contributed by atoms with Crippen LogP contribution in [0.25, 0.3) is 5.82 Å². The van der Waals surface area contributed by atoms with Crippen LogP contribution in [0.4, 0.5) is 17.2 Å². The largest absolute Gasteiger partial charge is 0.494 e. The number of ether oxygens (including phenoxy) is 1. The van der Waals surface area contributed by atoms with Crippen LogP contribution in [0.5, 0.6) is 5.75 Å². The first-order chi connectivity index (χ1) is 12.5. The molecule has 0 aliphatic carbocycles. The Kier molecular flexibility index (Phi) is 4.78. The first-order valence-electron chi connectivity index (χ1n) is 8.02. The van der Waals surface area contributed by atoms with E-state index in [9.17, 15) is 10.1 Å². The lowest BCUT2D eigenvalue weighted by molar-refractivity contribution is -0.384. The van der Waals surface area contributed by atoms with Crippen molar-refractivity contribution >= 4 is 17.2 Å². The normalized spacial score (nSPS) is 10.6. The average molecular weight is 354 g/mol. The summed E-state index contributed by atoms with van der Waals surface area (Å²) in [4.78, 5) is 19.3. The van der Waals surface area contributed by atoms with Gasteiger partial charge in [-0.1, -0.05) is 0 Å². The maximum Gasteiger partial charge on any atom is 0.355 e. The second-order valence-corrected chi connectivity index (χ2v) is 5.57. The van der Waals surface area contributed by atoms with Gasteiger partial charge in [-0.2, -0.15) is 5.10 Å². The van der Waals surface area contributed by atoms with Crippen molar-refractivity contribution in [3.05, 3.63) is 58.2 Å². The van der Waals surface area contributed by atoms with Crippen LogP contribution in [-0.4, -0.2) is 31.3 Å². The van der Waals surface area contributed by atoms with E-state index in [1.165, 1.54) is 11.0 Å². The van der Waals surface area contributed by atoms with Gasteiger partial charge in [-0.05, 0) is 51.1 Å². The molecular weight excluding hydrogens is 336 g/mol. The molecule has 0 saturated heterocycles. The van der Waals surface area contributed by atoms with Crippen molar-refractivity contribution in [1.82, 2.24) is 19.7 Å². The van der Waals surface area contributed by atoms with Crippen LogP contribution in [-0.2, 0) is 0 Å². The topological polar surface area (TPSA) is 108 Å². The maximum absolute atomic E-state index is 11.7. The third-order valence-corrected chi connectivity index (χ3v) is 3.62. The fraction of sp³-hybridized carbons (Fsp3) is 0.235. The minimum absolute atomic E-state index is 0.0942. The highest BCUT2D eigenvalue weighted by Crippen LogP contribution is 2.31. The molecule has 2 aromatic heterocycles. The van der Waals surface area contributed by atoms with Crippen molar-refractivity contribution in [2.24, 2.45) is 0 Å². The van der Waals surface area contributed by atoms with Gasteiger partial charge in [0.05, 0.1) is 17.2 Å². The van der Waals surface area contributed by atoms with Crippen LogP contribution in [0.15, 0.2) is 36.7 Å². The van der Waals surface area contributed by atoms with Crippen LogP contribution < -0.4 is 10.1 Å². The molecule has 0 aliphatic rings. The summed E-state index contributed by atoms with van der Waals surface area (Å²) in [6, 6.07) is 8.91. The summed E-state index contributed by atoms with van der Waals surface area (Å²) in [6.45, 7) is 6.09. The van der Waals surface area contributed by atoms with Crippen LogP contribution in [0.3, 0.4) is 0 Å². The number of aromatic nitrogens is 4. The average Bonchev–Trinajstić information content (AvgIpc) is 2.94. The molecule has 3 aromatic rings. The maximum atomic E-state index is 11.7. The van der Waals surface area contributed by atoms with Crippen LogP contribution >= 0.6 is 0 Å². The summed E-state index contributed by atoms with van der Waals surface area (Å²) < 4.78 is 6.84. The predicted octanol–water partition coefficient (Wildman–Crippen LogP) is 3.33. The zero-order valence-electron chi connectivity index (χ0n) is 14.6. The van der Waals surface area contributed by atoms with Gasteiger partial charge in [0, 0.05) is 11.4 Å². The minimum Gasteiger partial charge on any atom is -0.494 e. The van der Waals surface area contributed by atoms with Gasteiger partial charge in [-0.3, -0.25) is 10.1 Å². The van der Waals surface area contributed by atoms with Gasteiger partial charge in [0.15, 0.2) is 0 Å². The van der Waals surface area contributed by atoms with E-state index < -0.39 is 4.92 Å². The number of benzene rings is 1. The van der Waals surface area contributed by atoms with E-state index in [4.69, 9.17) is 4.74 Å². The molecule has 0 atom stereocenters. The van der Waals surface area contributed by atoms with Crippen LogP contribution in [0, 0.1) is 24.0 Å². The summed E-state index contributed by atoms with van der Waals surface area (Å²) in [6.07, 6.45) is 1.27. The summed E-state index contributed by atoms with van der Waals surface area (Å²) in [7, 11) is 0. The van der Waals surface area contributed by atoms with E-state index in [0.29, 0.717) is 12.3 Å². The van der Waals surface area contributed by atoms with Gasteiger partial charge in [0.1, 0.15) is 12.1 Å². The summed E-state index contributed by atoms with van der Waals surface area (Å²) in [5.74, 6) is 0.930. The molecule has 0 unspecified atom stereocenters. The van der Waals surface area contributed by atoms with E-state index in [1.807, 2.05) is 26.8 Å². The highest BCUT2D eigenvalue weighted by atomic mass is 16.6. The molecule has 134 valence electrons. The smallest absolute Gasteiger partial charge is 0.355 e. The fourth-order valence-corrected chi connectivity index (χ4v) is 2.57. The Balaban J connectivity index is 2.01. The Morgan fingerprint density at radius 2 is 1.96 bits per heavy atom. The molecule has 3 rings (SSSR count). The lowest BCUT2D eigenvalue weighted by Gasteiger charge is -2.10. The van der Waals surface area contributed by atoms with E-state index >= 15 is 0 Å². The molecule has 9 heteroatoms. The number of rotatable bonds is 6. The number of nitrogens with one attached hydrogen (secondary N) is 1. The second-order valence-electron chi connectivity index (χ2n) is 5.57. The van der Waals surface area contributed by atoms with Crippen molar-refractivity contribution in [2.75, 3.05) is 11.9 Å². The molecule has 0 radical (unpaired) electrons. The molecule has 0 aliphatic heterocycles. The van der Waals surface area contributed by atoms with Crippen molar-refractivity contribution in [3.63, 3.8) is 0 Å². The van der Waals surface area contributed by atoms with Gasteiger partial charge in [0.25, 0.3) is 0 Å². The zero-order valence-corrected chi connectivity index (χ0v) is 14.6. The number of nitro groups is 1. The number of hydrogen-bond acceptors (Lipinski definition) is 7. The van der Waals surface area contributed by atoms with Crippen molar-refractivity contribution in [3.8, 4) is 11.6 Å². The van der Waals surface area contributed by atoms with E-state index in [-0.39, 0.29) is 17.3 Å². The predicted molar refractivity (Wildman–Crippen MR) is 96.2 cm³/mol. The van der Waals surface area contributed by atoms with Crippen molar-refractivity contribution < 1.29 is 9.66 Å². The van der Waals surface area contributed by atoms with Crippen molar-refractivity contribution in [1.29, 1.82) is 0 Å². The molecule has 0 amide bonds. The molecule has 26 heavy (non-hydrogen) atoms. The van der Waals surface area contributed by atoms with Crippen LogP contribution in [0.1, 0.15) is 18.3 Å². The van der Waals surface area contributed by atoms with Gasteiger partial charge < -0.3 is 10.1 Å². The van der Waals surface area contributed by atoms with Gasteiger partial charge in [-0.15, -0.1) is 0 Å². The van der Waals surface area contributed by atoms with Gasteiger partial charge in [0.2, 0.25) is 11.6 Å². The second kappa shape index (κ2) is 7.18. The van der Waals surface area contributed by atoms with E-state index in [2.05, 4.69) is 20.4 Å². The molecular formula is C17H18N6O3.